The monoisotopic (exact) mass is 342 g/mol. The molecule has 0 radical (unpaired) electrons. The van der Waals surface area contributed by atoms with Crippen LogP contribution in [0.1, 0.15) is 38.5 Å². The first-order valence-corrected chi connectivity index (χ1v) is 9.37. The standard InChI is InChI=1S/C20H26N2O3/c23-19(16-4-1-2-5-16)22-10-7-20(8-11-22)12-18(25-15-20)14-24-17-6-3-9-21-13-17/h3-4,6,9,13,18H,1-2,5,7-8,10-12,14-15H2. The molecule has 1 amide bonds. The van der Waals surface area contributed by atoms with Crippen molar-refractivity contribution in [3.63, 3.8) is 0 Å². The molecule has 1 spiro atoms. The van der Waals surface area contributed by atoms with Crippen molar-refractivity contribution >= 4 is 5.91 Å². The van der Waals surface area contributed by atoms with E-state index in [1.54, 1.807) is 12.4 Å². The number of rotatable bonds is 4. The summed E-state index contributed by atoms with van der Waals surface area (Å²) in [5.41, 5.74) is 1.26. The lowest BCUT2D eigenvalue weighted by Gasteiger charge is -2.38. The Labute approximate surface area is 149 Å². The largest absolute Gasteiger partial charge is 0.489 e. The lowest BCUT2D eigenvalue weighted by molar-refractivity contribution is -0.129. The zero-order chi connectivity index (χ0) is 17.1. The Morgan fingerprint density at radius 2 is 2.28 bits per heavy atom. The molecular weight excluding hydrogens is 316 g/mol. The topological polar surface area (TPSA) is 51.7 Å². The molecule has 5 heteroatoms. The number of likely N-dealkylation sites (tertiary alicyclic amines) is 1. The third-order valence-electron chi connectivity index (χ3n) is 5.78. The van der Waals surface area contributed by atoms with Crippen LogP contribution in [-0.4, -0.2) is 48.2 Å². The van der Waals surface area contributed by atoms with Gasteiger partial charge in [0.15, 0.2) is 0 Å². The van der Waals surface area contributed by atoms with Crippen LogP contribution in [-0.2, 0) is 9.53 Å². The van der Waals surface area contributed by atoms with Gasteiger partial charge >= 0.3 is 0 Å². The first-order valence-electron chi connectivity index (χ1n) is 9.37. The number of carbonyl (C=O) groups is 1. The van der Waals surface area contributed by atoms with Crippen LogP contribution in [0.5, 0.6) is 5.75 Å². The highest BCUT2D eigenvalue weighted by Crippen LogP contribution is 2.42. The molecule has 0 N–H and O–H groups in total. The van der Waals surface area contributed by atoms with Crippen molar-refractivity contribution in [2.75, 3.05) is 26.3 Å². The Kier molecular flexibility index (Phi) is 4.75. The average Bonchev–Trinajstić information content (AvgIpc) is 3.32. The number of ether oxygens (including phenoxy) is 2. The molecule has 1 aromatic heterocycles. The summed E-state index contributed by atoms with van der Waals surface area (Å²) in [7, 11) is 0. The van der Waals surface area contributed by atoms with Crippen molar-refractivity contribution in [1.29, 1.82) is 0 Å². The number of pyridine rings is 1. The number of aromatic nitrogens is 1. The zero-order valence-electron chi connectivity index (χ0n) is 14.7. The van der Waals surface area contributed by atoms with Crippen LogP contribution >= 0.6 is 0 Å². The van der Waals surface area contributed by atoms with Crippen molar-refractivity contribution in [1.82, 2.24) is 9.88 Å². The third kappa shape index (κ3) is 3.71. The first-order chi connectivity index (χ1) is 12.2. The van der Waals surface area contributed by atoms with Crippen molar-refractivity contribution in [3.05, 3.63) is 36.2 Å². The van der Waals surface area contributed by atoms with Gasteiger partial charge in [0.05, 0.1) is 18.9 Å². The smallest absolute Gasteiger partial charge is 0.249 e. The van der Waals surface area contributed by atoms with E-state index in [0.29, 0.717) is 6.61 Å². The van der Waals surface area contributed by atoms with Gasteiger partial charge in [-0.2, -0.15) is 0 Å². The minimum atomic E-state index is 0.139. The summed E-state index contributed by atoms with van der Waals surface area (Å²) in [5, 5.41) is 0. The summed E-state index contributed by atoms with van der Waals surface area (Å²) in [6.07, 6.45) is 12.0. The number of allylic oxidation sites excluding steroid dienone is 1. The van der Waals surface area contributed by atoms with Gasteiger partial charge in [0.2, 0.25) is 5.91 Å². The fourth-order valence-corrected chi connectivity index (χ4v) is 4.22. The predicted octanol–water partition coefficient (Wildman–Crippen LogP) is 2.97. The maximum absolute atomic E-state index is 12.5. The summed E-state index contributed by atoms with van der Waals surface area (Å²) < 4.78 is 11.8. The van der Waals surface area contributed by atoms with E-state index >= 15 is 0 Å². The molecule has 1 atom stereocenters. The Morgan fingerprint density at radius 1 is 1.40 bits per heavy atom. The molecule has 2 aliphatic heterocycles. The number of piperidine rings is 1. The van der Waals surface area contributed by atoms with Crippen molar-refractivity contribution < 1.29 is 14.3 Å². The molecule has 2 saturated heterocycles. The molecule has 25 heavy (non-hydrogen) atoms. The summed E-state index contributed by atoms with van der Waals surface area (Å²) >= 11 is 0. The number of nitrogens with zero attached hydrogens (tertiary/aromatic N) is 2. The number of hydrogen-bond donors (Lipinski definition) is 0. The van der Waals surface area contributed by atoms with Crippen LogP contribution in [0, 0.1) is 5.41 Å². The van der Waals surface area contributed by atoms with E-state index in [0.717, 1.165) is 69.5 Å². The van der Waals surface area contributed by atoms with Crippen LogP contribution in [0.25, 0.3) is 0 Å². The average molecular weight is 342 g/mol. The molecule has 3 aliphatic rings. The first kappa shape index (κ1) is 16.6. The van der Waals surface area contributed by atoms with Gasteiger partial charge in [0.1, 0.15) is 12.4 Å². The zero-order valence-corrected chi connectivity index (χ0v) is 14.7. The van der Waals surface area contributed by atoms with Crippen LogP contribution in [0.3, 0.4) is 0 Å². The highest BCUT2D eigenvalue weighted by Gasteiger charge is 2.43. The SMILES string of the molecule is O=C(C1=CCCC1)N1CCC2(CC1)COC(COc1cccnc1)C2. The molecule has 3 heterocycles. The highest BCUT2D eigenvalue weighted by atomic mass is 16.5. The quantitative estimate of drug-likeness (QED) is 0.844. The van der Waals surface area contributed by atoms with E-state index in [1.165, 1.54) is 0 Å². The van der Waals surface area contributed by atoms with E-state index in [1.807, 2.05) is 17.0 Å². The molecule has 0 saturated carbocycles. The number of carbonyl (C=O) groups excluding carboxylic acids is 1. The normalized spacial score (nSPS) is 25.2. The van der Waals surface area contributed by atoms with Gasteiger partial charge in [0.25, 0.3) is 0 Å². The van der Waals surface area contributed by atoms with Gasteiger partial charge in [-0.05, 0) is 56.1 Å². The third-order valence-corrected chi connectivity index (χ3v) is 5.78. The highest BCUT2D eigenvalue weighted by molar-refractivity contribution is 5.93. The molecule has 0 aromatic carbocycles. The predicted molar refractivity (Wildman–Crippen MR) is 94.3 cm³/mol. The van der Waals surface area contributed by atoms with Gasteiger partial charge in [-0.15, -0.1) is 0 Å². The summed E-state index contributed by atoms with van der Waals surface area (Å²) in [6, 6.07) is 3.79. The van der Waals surface area contributed by atoms with Crippen LogP contribution < -0.4 is 4.74 Å². The van der Waals surface area contributed by atoms with E-state index in [9.17, 15) is 4.79 Å². The lowest BCUT2D eigenvalue weighted by Crippen LogP contribution is -2.44. The molecule has 5 nitrogen and oxygen atoms in total. The van der Waals surface area contributed by atoms with Gasteiger partial charge in [-0.25, -0.2) is 0 Å². The van der Waals surface area contributed by atoms with Crippen LogP contribution in [0.4, 0.5) is 0 Å². The maximum atomic E-state index is 12.5. The van der Waals surface area contributed by atoms with E-state index in [-0.39, 0.29) is 17.4 Å². The fraction of sp³-hybridized carbons (Fsp3) is 0.600. The molecule has 1 aliphatic carbocycles. The Morgan fingerprint density at radius 3 is 3.00 bits per heavy atom. The molecule has 1 aromatic rings. The summed E-state index contributed by atoms with van der Waals surface area (Å²) in [5.74, 6) is 1.06. The van der Waals surface area contributed by atoms with E-state index in [2.05, 4.69) is 11.1 Å². The van der Waals surface area contributed by atoms with Gasteiger partial charge in [-0.3, -0.25) is 9.78 Å². The summed E-state index contributed by atoms with van der Waals surface area (Å²) in [4.78, 5) is 18.6. The van der Waals surface area contributed by atoms with Gasteiger partial charge in [0, 0.05) is 24.9 Å². The van der Waals surface area contributed by atoms with Crippen LogP contribution in [0.2, 0.25) is 0 Å². The second-order valence-corrected chi connectivity index (χ2v) is 7.55. The number of amides is 1. The minimum Gasteiger partial charge on any atom is -0.489 e. The molecule has 4 rings (SSSR count). The minimum absolute atomic E-state index is 0.139. The summed E-state index contributed by atoms with van der Waals surface area (Å²) in [6.45, 7) is 3.08. The van der Waals surface area contributed by atoms with Crippen molar-refractivity contribution in [2.45, 2.75) is 44.6 Å². The van der Waals surface area contributed by atoms with Gasteiger partial charge in [-0.1, -0.05) is 6.08 Å². The Hall–Kier alpha value is -1.88. The lowest BCUT2D eigenvalue weighted by atomic mass is 9.76. The molecular formula is C20H26N2O3. The molecule has 0 bridgehead atoms. The van der Waals surface area contributed by atoms with Crippen molar-refractivity contribution in [2.24, 2.45) is 5.41 Å². The van der Waals surface area contributed by atoms with E-state index in [4.69, 9.17) is 9.47 Å². The maximum Gasteiger partial charge on any atom is 0.249 e. The van der Waals surface area contributed by atoms with Crippen molar-refractivity contribution in [3.8, 4) is 5.75 Å². The van der Waals surface area contributed by atoms with Gasteiger partial charge < -0.3 is 14.4 Å². The second kappa shape index (κ2) is 7.16. The molecule has 1 unspecified atom stereocenters. The molecule has 2 fully saturated rings. The van der Waals surface area contributed by atoms with Crippen LogP contribution in [0.15, 0.2) is 36.2 Å². The Bertz CT molecular complexity index is 636. The number of hydrogen-bond acceptors (Lipinski definition) is 4. The fourth-order valence-electron chi connectivity index (χ4n) is 4.22. The Balaban J connectivity index is 1.26. The second-order valence-electron chi connectivity index (χ2n) is 7.55. The van der Waals surface area contributed by atoms with E-state index < -0.39 is 0 Å². The molecule has 134 valence electrons.